The maximum absolute atomic E-state index is 11.3. The van der Waals surface area contributed by atoms with Gasteiger partial charge in [0, 0.05) is 12.1 Å². The second-order valence-corrected chi connectivity index (χ2v) is 9.26. The maximum atomic E-state index is 11.3. The van der Waals surface area contributed by atoms with E-state index in [2.05, 4.69) is 20.3 Å². The first-order chi connectivity index (χ1) is 15.6. The van der Waals surface area contributed by atoms with E-state index in [0.29, 0.717) is 5.69 Å². The Kier molecular flexibility index (Phi) is 8.08. The van der Waals surface area contributed by atoms with Crippen molar-refractivity contribution < 1.29 is 17.3 Å². The number of non-ortho nitro benzene ring substituents is 1. The van der Waals surface area contributed by atoms with E-state index < -0.39 is 12.8 Å². The largest absolute Gasteiger partial charge is 1.00 e. The summed E-state index contributed by atoms with van der Waals surface area (Å²) in [7, 11) is -2.66. The Hall–Kier alpha value is -3.80. The quantitative estimate of drug-likeness (QED) is 0.165. The lowest BCUT2D eigenvalue weighted by Gasteiger charge is -2.29. The van der Waals surface area contributed by atoms with Gasteiger partial charge in [0.15, 0.2) is 0 Å². The normalized spacial score (nSPS) is 10.4. The smallest absolute Gasteiger partial charge is 0.395 e. The highest BCUT2D eigenvalue weighted by atomic mass is 35.5. The van der Waals surface area contributed by atoms with Gasteiger partial charge in [0.1, 0.15) is 0 Å². The average molecular weight is 480 g/mol. The van der Waals surface area contributed by atoms with E-state index in [9.17, 15) is 10.1 Å². The molecule has 0 saturated carbocycles. The first kappa shape index (κ1) is 23.9. The van der Waals surface area contributed by atoms with Crippen LogP contribution in [0.5, 0.6) is 0 Å². The molecule has 0 aliphatic heterocycles. The number of rotatable bonds is 9. The highest BCUT2D eigenvalue weighted by molar-refractivity contribution is 7.81. The maximum Gasteiger partial charge on any atom is 0.395 e. The minimum absolute atomic E-state index is 0. The van der Waals surface area contributed by atoms with Crippen molar-refractivity contribution in [3.63, 3.8) is 0 Å². The Morgan fingerprint density at radius 2 is 0.909 bits per heavy atom. The van der Waals surface area contributed by atoms with Crippen molar-refractivity contribution in [3.05, 3.63) is 125 Å². The van der Waals surface area contributed by atoms with Crippen molar-refractivity contribution in [2.45, 2.75) is 0 Å². The zero-order chi connectivity index (χ0) is 22.2. The van der Waals surface area contributed by atoms with E-state index in [1.54, 1.807) is 6.07 Å². The van der Waals surface area contributed by atoms with Crippen LogP contribution in [0.2, 0.25) is 0 Å². The number of nitro benzene ring substituents is 1. The molecule has 0 spiro atoms. The van der Waals surface area contributed by atoms with Crippen LogP contribution in [0.4, 0.5) is 28.4 Å². The monoisotopic (exact) mass is 479 g/mol. The van der Waals surface area contributed by atoms with E-state index in [1.807, 2.05) is 97.1 Å². The van der Waals surface area contributed by atoms with Gasteiger partial charge in [-0.1, -0.05) is 60.7 Å². The summed E-state index contributed by atoms with van der Waals surface area (Å²) in [4.78, 5) is 10.9. The SMILES string of the molecule is O=[N+]([O-])c1cccc(N[P+](Nc2ccccc2)(Nc2ccccc2)Nc2ccccc2)c1.[Cl-]. The van der Waals surface area contributed by atoms with Crippen LogP contribution in [0, 0.1) is 10.1 Å². The summed E-state index contributed by atoms with van der Waals surface area (Å²) in [5.74, 6) is 0. The van der Waals surface area contributed by atoms with E-state index in [1.165, 1.54) is 12.1 Å². The molecule has 0 bridgehead atoms. The third-order valence-corrected chi connectivity index (χ3v) is 6.94. The molecular formula is C24H23ClN5O2P. The summed E-state index contributed by atoms with van der Waals surface area (Å²) in [5.41, 5.74) is 3.32. The van der Waals surface area contributed by atoms with Crippen LogP contribution in [-0.2, 0) is 0 Å². The molecule has 0 aliphatic rings. The van der Waals surface area contributed by atoms with Gasteiger partial charge in [-0.25, -0.2) is 20.3 Å². The summed E-state index contributed by atoms with van der Waals surface area (Å²) in [6, 6.07) is 35.9. The molecule has 0 aromatic heterocycles. The number of nitrogens with one attached hydrogen (secondary N) is 4. The molecule has 0 unspecified atom stereocenters. The van der Waals surface area contributed by atoms with Gasteiger partial charge >= 0.3 is 7.87 Å². The van der Waals surface area contributed by atoms with Gasteiger partial charge in [0.05, 0.1) is 27.7 Å². The van der Waals surface area contributed by atoms with Gasteiger partial charge in [-0.3, -0.25) is 10.1 Å². The molecule has 4 N–H and O–H groups in total. The number of nitrogens with zero attached hydrogens (tertiary/aromatic N) is 1. The summed E-state index contributed by atoms with van der Waals surface area (Å²) >= 11 is 0. The van der Waals surface area contributed by atoms with E-state index in [0.717, 1.165) is 17.1 Å². The molecule has 0 aliphatic carbocycles. The zero-order valence-electron chi connectivity index (χ0n) is 17.6. The zero-order valence-corrected chi connectivity index (χ0v) is 19.2. The predicted octanol–water partition coefficient (Wildman–Crippen LogP) is 4.02. The Balaban J connectivity index is 0.00000306. The third-order valence-electron chi connectivity index (χ3n) is 4.57. The molecular weight excluding hydrogens is 457 g/mol. The number of halogens is 1. The lowest BCUT2D eigenvalue weighted by atomic mass is 10.3. The lowest BCUT2D eigenvalue weighted by molar-refractivity contribution is -0.384. The van der Waals surface area contributed by atoms with Crippen LogP contribution in [0.3, 0.4) is 0 Å². The van der Waals surface area contributed by atoms with Gasteiger partial charge in [-0.05, 0) is 42.5 Å². The highest BCUT2D eigenvalue weighted by Crippen LogP contribution is 2.56. The molecule has 9 heteroatoms. The number of anilines is 4. The molecule has 4 aromatic carbocycles. The molecule has 4 aromatic rings. The van der Waals surface area contributed by atoms with Crippen molar-refractivity contribution in [3.8, 4) is 0 Å². The van der Waals surface area contributed by atoms with Crippen LogP contribution in [0.25, 0.3) is 0 Å². The van der Waals surface area contributed by atoms with E-state index in [-0.39, 0.29) is 18.1 Å². The molecule has 4 rings (SSSR count). The number of hydrogen-bond donors (Lipinski definition) is 4. The third kappa shape index (κ3) is 6.59. The molecule has 7 nitrogen and oxygen atoms in total. The summed E-state index contributed by atoms with van der Waals surface area (Å²) < 4.78 is 0. The molecule has 0 radical (unpaired) electrons. The van der Waals surface area contributed by atoms with Gasteiger partial charge < -0.3 is 12.4 Å². The standard InChI is InChI=1S/C24H23N5O2P.ClH/c30-29(31)24-18-10-17-23(19-24)28-32(25-20-11-4-1-5-12-20,26-21-13-6-2-7-14-21)27-22-15-8-3-9-16-22;/h1-19,25-28H;1H/q+1;/p-1. The fourth-order valence-electron chi connectivity index (χ4n) is 3.17. The molecule has 0 saturated heterocycles. The van der Waals surface area contributed by atoms with Crippen LogP contribution >= 0.6 is 7.87 Å². The number of benzene rings is 4. The Morgan fingerprint density at radius 3 is 1.30 bits per heavy atom. The van der Waals surface area contributed by atoms with Crippen molar-refractivity contribution in [2.75, 3.05) is 20.3 Å². The number of nitro groups is 1. The topological polar surface area (TPSA) is 91.3 Å². The Labute approximate surface area is 199 Å². The molecule has 0 amide bonds. The van der Waals surface area contributed by atoms with Crippen LogP contribution in [-0.4, -0.2) is 4.92 Å². The lowest BCUT2D eigenvalue weighted by Crippen LogP contribution is -3.00. The van der Waals surface area contributed by atoms with Gasteiger partial charge in [-0.2, -0.15) is 0 Å². The van der Waals surface area contributed by atoms with Crippen molar-refractivity contribution >= 4 is 36.3 Å². The van der Waals surface area contributed by atoms with Crippen LogP contribution in [0.15, 0.2) is 115 Å². The molecule has 0 atom stereocenters. The predicted molar refractivity (Wildman–Crippen MR) is 134 cm³/mol. The number of hydrogen-bond acceptors (Lipinski definition) is 6. The molecule has 168 valence electrons. The fourth-order valence-corrected chi connectivity index (χ4v) is 5.64. The minimum atomic E-state index is -2.66. The molecule has 33 heavy (non-hydrogen) atoms. The first-order valence-corrected chi connectivity index (χ1v) is 11.8. The van der Waals surface area contributed by atoms with Crippen LogP contribution in [0.1, 0.15) is 0 Å². The Morgan fingerprint density at radius 1 is 0.545 bits per heavy atom. The van der Waals surface area contributed by atoms with Crippen molar-refractivity contribution in [2.24, 2.45) is 0 Å². The summed E-state index contributed by atoms with van der Waals surface area (Å²) in [6.45, 7) is 0. The second kappa shape index (κ2) is 11.2. The highest BCUT2D eigenvalue weighted by Gasteiger charge is 2.41. The van der Waals surface area contributed by atoms with Gasteiger partial charge in [-0.15, -0.1) is 0 Å². The van der Waals surface area contributed by atoms with Crippen molar-refractivity contribution in [1.82, 2.24) is 0 Å². The van der Waals surface area contributed by atoms with Gasteiger partial charge in [0.2, 0.25) is 0 Å². The van der Waals surface area contributed by atoms with E-state index in [4.69, 9.17) is 0 Å². The van der Waals surface area contributed by atoms with Crippen molar-refractivity contribution in [1.29, 1.82) is 0 Å². The number of para-hydroxylation sites is 3. The Bertz CT molecular complexity index is 1070. The van der Waals surface area contributed by atoms with E-state index >= 15 is 0 Å². The van der Waals surface area contributed by atoms with Gasteiger partial charge in [0.25, 0.3) is 5.69 Å². The second-order valence-electron chi connectivity index (χ2n) is 7.02. The fraction of sp³-hybridized carbons (Fsp3) is 0. The molecule has 0 heterocycles. The van der Waals surface area contributed by atoms with Crippen LogP contribution < -0.4 is 32.8 Å². The molecule has 0 fully saturated rings. The first-order valence-electron chi connectivity index (χ1n) is 10.0. The summed E-state index contributed by atoms with van der Waals surface area (Å²) in [5, 5.41) is 25.6. The summed E-state index contributed by atoms with van der Waals surface area (Å²) in [6.07, 6.45) is 0. The average Bonchev–Trinajstić information content (AvgIpc) is 2.81. The minimum Gasteiger partial charge on any atom is -1.00 e.